The Morgan fingerprint density at radius 3 is 2.40 bits per heavy atom. The molecule has 0 saturated carbocycles. The van der Waals surface area contributed by atoms with Crippen molar-refractivity contribution < 1.29 is 23.5 Å². The highest BCUT2D eigenvalue weighted by Crippen LogP contribution is 2.14. The summed E-state index contributed by atoms with van der Waals surface area (Å²) in [7, 11) is 0. The molecule has 5 nitrogen and oxygen atoms in total. The molecular weight excluding hydrogens is 385 g/mol. The summed E-state index contributed by atoms with van der Waals surface area (Å²) in [4.78, 5) is 35.9. The van der Waals surface area contributed by atoms with Gasteiger partial charge < -0.3 is 10.1 Å². The van der Waals surface area contributed by atoms with Gasteiger partial charge in [-0.05, 0) is 43.0 Å². The molecule has 0 bridgehead atoms. The van der Waals surface area contributed by atoms with Crippen molar-refractivity contribution in [2.75, 3.05) is 11.9 Å². The first-order valence-electron chi connectivity index (χ1n) is 10.2. The van der Waals surface area contributed by atoms with Gasteiger partial charge in [-0.3, -0.25) is 14.4 Å². The summed E-state index contributed by atoms with van der Waals surface area (Å²) < 4.78 is 18.4. The standard InChI is InChI=1S/C24H28FNO4/c1-3-4-5-6-18-8-10-19(11-9-18)22(27)13-14-24(29)30-16-23(28)26-20-12-7-17(2)21(25)15-20/h7-12,15H,3-6,13-14,16H2,1-2H3,(H,26,28). The fraction of sp³-hybridized carbons (Fsp3) is 0.375. The van der Waals surface area contributed by atoms with E-state index < -0.39 is 24.3 Å². The summed E-state index contributed by atoms with van der Waals surface area (Å²) in [5.74, 6) is -1.79. The van der Waals surface area contributed by atoms with Crippen LogP contribution < -0.4 is 5.32 Å². The summed E-state index contributed by atoms with van der Waals surface area (Å²) in [5.41, 5.74) is 2.50. The van der Waals surface area contributed by atoms with Crippen LogP contribution >= 0.6 is 0 Å². The van der Waals surface area contributed by atoms with E-state index in [2.05, 4.69) is 12.2 Å². The lowest BCUT2D eigenvalue weighted by atomic mass is 10.0. The van der Waals surface area contributed by atoms with Gasteiger partial charge in [0.1, 0.15) is 5.82 Å². The molecule has 30 heavy (non-hydrogen) atoms. The van der Waals surface area contributed by atoms with Crippen molar-refractivity contribution in [3.05, 3.63) is 65.0 Å². The van der Waals surface area contributed by atoms with Gasteiger partial charge in [0.25, 0.3) is 5.91 Å². The summed E-state index contributed by atoms with van der Waals surface area (Å²) in [6.45, 7) is 3.28. The molecule has 2 rings (SSSR count). The van der Waals surface area contributed by atoms with E-state index in [9.17, 15) is 18.8 Å². The number of unbranched alkanes of at least 4 members (excludes halogenated alkanes) is 2. The zero-order valence-corrected chi connectivity index (χ0v) is 17.5. The third-order valence-corrected chi connectivity index (χ3v) is 4.72. The predicted octanol–water partition coefficient (Wildman–Crippen LogP) is 5.01. The number of ketones is 1. The molecule has 0 spiro atoms. The van der Waals surface area contributed by atoms with E-state index in [-0.39, 0.29) is 24.3 Å². The minimum absolute atomic E-state index is 0.0127. The number of hydrogen-bond donors (Lipinski definition) is 1. The third kappa shape index (κ3) is 7.78. The highest BCUT2D eigenvalue weighted by molar-refractivity contribution is 5.98. The first kappa shape index (κ1) is 23.3. The number of amides is 1. The number of benzene rings is 2. The molecule has 0 aliphatic heterocycles. The van der Waals surface area contributed by atoms with Gasteiger partial charge in [-0.1, -0.05) is 50.1 Å². The maximum Gasteiger partial charge on any atom is 0.306 e. The maximum absolute atomic E-state index is 13.5. The Morgan fingerprint density at radius 2 is 1.73 bits per heavy atom. The normalized spacial score (nSPS) is 10.5. The van der Waals surface area contributed by atoms with Crippen LogP contribution in [0, 0.1) is 12.7 Å². The number of halogens is 1. The summed E-state index contributed by atoms with van der Waals surface area (Å²) >= 11 is 0. The Morgan fingerprint density at radius 1 is 1.00 bits per heavy atom. The molecule has 1 amide bonds. The minimum atomic E-state index is -0.634. The lowest BCUT2D eigenvalue weighted by Crippen LogP contribution is -2.21. The Labute approximate surface area is 176 Å². The highest BCUT2D eigenvalue weighted by Gasteiger charge is 2.12. The van der Waals surface area contributed by atoms with E-state index in [0.717, 1.165) is 12.8 Å². The number of ether oxygens (including phenoxy) is 1. The summed E-state index contributed by atoms with van der Waals surface area (Å²) in [6, 6.07) is 11.8. The van der Waals surface area contributed by atoms with Crippen molar-refractivity contribution in [2.24, 2.45) is 0 Å². The van der Waals surface area contributed by atoms with Crippen molar-refractivity contribution in [3.63, 3.8) is 0 Å². The second-order valence-electron chi connectivity index (χ2n) is 7.25. The molecular formula is C24H28FNO4. The lowest BCUT2D eigenvalue weighted by Gasteiger charge is -2.07. The SMILES string of the molecule is CCCCCc1ccc(C(=O)CCC(=O)OCC(=O)Nc2ccc(C)c(F)c2)cc1. The topological polar surface area (TPSA) is 72.5 Å². The van der Waals surface area contributed by atoms with Gasteiger partial charge >= 0.3 is 5.97 Å². The maximum atomic E-state index is 13.5. The molecule has 0 aliphatic carbocycles. The van der Waals surface area contributed by atoms with Gasteiger partial charge in [-0.15, -0.1) is 0 Å². The number of anilines is 1. The Bertz CT molecular complexity index is 877. The zero-order valence-electron chi connectivity index (χ0n) is 17.5. The summed E-state index contributed by atoms with van der Waals surface area (Å²) in [5, 5.41) is 2.46. The first-order valence-corrected chi connectivity index (χ1v) is 10.2. The molecule has 1 N–H and O–H groups in total. The minimum Gasteiger partial charge on any atom is -0.456 e. The van der Waals surface area contributed by atoms with E-state index in [4.69, 9.17) is 4.74 Å². The average Bonchev–Trinajstić information content (AvgIpc) is 2.74. The molecule has 0 aliphatic rings. The van der Waals surface area contributed by atoms with Gasteiger partial charge in [-0.2, -0.15) is 0 Å². The lowest BCUT2D eigenvalue weighted by molar-refractivity contribution is -0.147. The van der Waals surface area contributed by atoms with Crippen molar-refractivity contribution in [1.29, 1.82) is 0 Å². The number of rotatable bonds is 11. The first-order chi connectivity index (χ1) is 14.4. The molecule has 0 aromatic heterocycles. The van der Waals surface area contributed by atoms with E-state index in [1.165, 1.54) is 24.5 Å². The number of nitrogens with one attached hydrogen (secondary N) is 1. The highest BCUT2D eigenvalue weighted by atomic mass is 19.1. The fourth-order valence-corrected chi connectivity index (χ4v) is 2.88. The molecule has 6 heteroatoms. The van der Waals surface area contributed by atoms with Crippen LogP contribution in [0.5, 0.6) is 0 Å². The van der Waals surface area contributed by atoms with Gasteiger partial charge in [0.15, 0.2) is 12.4 Å². The van der Waals surface area contributed by atoms with Crippen molar-refractivity contribution in [1.82, 2.24) is 0 Å². The third-order valence-electron chi connectivity index (χ3n) is 4.72. The number of carbonyl (C=O) groups excluding carboxylic acids is 3. The zero-order chi connectivity index (χ0) is 21.9. The Kier molecular flexibility index (Phi) is 9.19. The average molecular weight is 413 g/mol. The van der Waals surface area contributed by atoms with Gasteiger partial charge in [-0.25, -0.2) is 4.39 Å². The van der Waals surface area contributed by atoms with E-state index >= 15 is 0 Å². The van der Waals surface area contributed by atoms with Crippen LogP contribution in [0.25, 0.3) is 0 Å². The van der Waals surface area contributed by atoms with Gasteiger partial charge in [0.2, 0.25) is 0 Å². The molecule has 2 aromatic rings. The van der Waals surface area contributed by atoms with Crippen LogP contribution in [0.2, 0.25) is 0 Å². The summed E-state index contributed by atoms with van der Waals surface area (Å²) in [6.07, 6.45) is 4.37. The smallest absolute Gasteiger partial charge is 0.306 e. The van der Waals surface area contributed by atoms with Crippen LogP contribution in [0.3, 0.4) is 0 Å². The number of hydrogen-bond acceptors (Lipinski definition) is 4. The molecule has 0 saturated heterocycles. The predicted molar refractivity (Wildman–Crippen MR) is 114 cm³/mol. The fourth-order valence-electron chi connectivity index (χ4n) is 2.88. The molecule has 0 radical (unpaired) electrons. The monoisotopic (exact) mass is 413 g/mol. The largest absolute Gasteiger partial charge is 0.456 e. The molecule has 0 fully saturated rings. The Balaban J connectivity index is 1.71. The Hall–Kier alpha value is -3.02. The second kappa shape index (κ2) is 11.9. The van der Waals surface area contributed by atoms with Crippen molar-refractivity contribution in [2.45, 2.75) is 52.4 Å². The van der Waals surface area contributed by atoms with Crippen LogP contribution in [0.15, 0.2) is 42.5 Å². The van der Waals surface area contributed by atoms with E-state index in [1.54, 1.807) is 31.2 Å². The molecule has 0 atom stereocenters. The van der Waals surface area contributed by atoms with Crippen LogP contribution in [-0.4, -0.2) is 24.3 Å². The molecule has 2 aromatic carbocycles. The molecule has 160 valence electrons. The number of carbonyl (C=O) groups is 3. The van der Waals surface area contributed by atoms with E-state index in [0.29, 0.717) is 11.1 Å². The number of esters is 1. The number of Topliss-reactive ketones (excluding diaryl/α,β-unsaturated/α-hetero) is 1. The van der Waals surface area contributed by atoms with Crippen LogP contribution in [0.1, 0.15) is 60.5 Å². The van der Waals surface area contributed by atoms with Gasteiger partial charge in [0, 0.05) is 17.7 Å². The van der Waals surface area contributed by atoms with Gasteiger partial charge in [0.05, 0.1) is 6.42 Å². The molecule has 0 heterocycles. The van der Waals surface area contributed by atoms with E-state index in [1.807, 2.05) is 12.1 Å². The molecule has 0 unspecified atom stereocenters. The van der Waals surface area contributed by atoms with Crippen LogP contribution in [0.4, 0.5) is 10.1 Å². The van der Waals surface area contributed by atoms with Crippen molar-refractivity contribution in [3.8, 4) is 0 Å². The van der Waals surface area contributed by atoms with Crippen molar-refractivity contribution >= 4 is 23.3 Å². The number of aryl methyl sites for hydroxylation is 2. The van der Waals surface area contributed by atoms with Crippen LogP contribution in [-0.2, 0) is 20.7 Å². The quantitative estimate of drug-likeness (QED) is 0.319. The second-order valence-corrected chi connectivity index (χ2v) is 7.25.